The molecule has 0 spiro atoms. The number of anilines is 3. The first-order chi connectivity index (χ1) is 12.5. The highest BCUT2D eigenvalue weighted by Crippen LogP contribution is 2.32. The van der Waals surface area contributed by atoms with Crippen molar-refractivity contribution in [3.63, 3.8) is 0 Å². The Kier molecular flexibility index (Phi) is 5.03. The Labute approximate surface area is 150 Å². The van der Waals surface area contributed by atoms with Crippen molar-refractivity contribution in [1.29, 1.82) is 0 Å². The highest BCUT2D eigenvalue weighted by atomic mass is 16.3. The van der Waals surface area contributed by atoms with Crippen LogP contribution in [0.1, 0.15) is 25.8 Å². The Morgan fingerprint density at radius 1 is 1.38 bits per heavy atom. The van der Waals surface area contributed by atoms with Gasteiger partial charge in [0.2, 0.25) is 5.91 Å². The molecule has 8 nitrogen and oxygen atoms in total. The van der Waals surface area contributed by atoms with Gasteiger partial charge in [-0.3, -0.25) is 19.4 Å². The first-order valence-corrected chi connectivity index (χ1v) is 8.68. The van der Waals surface area contributed by atoms with Crippen LogP contribution in [0.2, 0.25) is 0 Å². The number of pyridine rings is 1. The largest absolute Gasteiger partial charge is 0.395 e. The van der Waals surface area contributed by atoms with Crippen LogP contribution in [0.3, 0.4) is 0 Å². The molecule has 0 saturated heterocycles. The highest BCUT2D eigenvalue weighted by Gasteiger charge is 2.38. The predicted octanol–water partition coefficient (Wildman–Crippen LogP) is 0.455. The van der Waals surface area contributed by atoms with Crippen LogP contribution < -0.4 is 26.4 Å². The lowest BCUT2D eigenvalue weighted by atomic mass is 9.95. The van der Waals surface area contributed by atoms with E-state index in [1.54, 1.807) is 23.4 Å². The Hall–Kier alpha value is -2.74. The number of nitrogens with zero attached hydrogens (tertiary/aromatic N) is 2. The third-order valence-electron chi connectivity index (χ3n) is 4.88. The minimum absolute atomic E-state index is 0.0348. The second-order valence-corrected chi connectivity index (χ2v) is 6.51. The van der Waals surface area contributed by atoms with Gasteiger partial charge in [0.25, 0.3) is 10.9 Å². The van der Waals surface area contributed by atoms with E-state index in [9.17, 15) is 14.4 Å². The summed E-state index contributed by atoms with van der Waals surface area (Å²) in [5, 5.41) is 14.7. The predicted molar refractivity (Wildman–Crippen MR) is 99.2 cm³/mol. The van der Waals surface area contributed by atoms with E-state index >= 15 is 0 Å². The standard InChI is InChI=1S/C18H22N4O4/c1-3-10(2)14-18(26)21-12-8-19-5-4-11(12)9-22(14)15-13(20-6-7-23)16(24)17(15)25/h4-5,8,10,14,20,23H,3,6-7,9H2,1-2H3,(H,21,26). The van der Waals surface area contributed by atoms with Crippen molar-refractivity contribution in [2.24, 2.45) is 5.92 Å². The number of hydrogen-bond donors (Lipinski definition) is 3. The molecule has 0 bridgehead atoms. The topological polar surface area (TPSA) is 112 Å². The molecule has 26 heavy (non-hydrogen) atoms. The molecule has 138 valence electrons. The number of carbonyl (C=O) groups excluding carboxylic acids is 1. The number of carbonyl (C=O) groups is 1. The lowest BCUT2D eigenvalue weighted by molar-refractivity contribution is -0.118. The first-order valence-electron chi connectivity index (χ1n) is 8.68. The fourth-order valence-corrected chi connectivity index (χ4v) is 3.31. The van der Waals surface area contributed by atoms with Crippen LogP contribution in [-0.4, -0.2) is 35.2 Å². The van der Waals surface area contributed by atoms with Crippen LogP contribution in [0.4, 0.5) is 17.1 Å². The van der Waals surface area contributed by atoms with Gasteiger partial charge in [0.1, 0.15) is 17.4 Å². The van der Waals surface area contributed by atoms with Gasteiger partial charge in [0.05, 0.1) is 18.5 Å². The molecule has 1 aromatic carbocycles. The SMILES string of the molecule is CCC(C)C1C(=O)Nc2cnccc2CN1c1c(NCCO)c(=O)c1=O. The van der Waals surface area contributed by atoms with Gasteiger partial charge in [-0.05, 0) is 17.5 Å². The molecule has 2 heterocycles. The molecule has 3 rings (SSSR count). The van der Waals surface area contributed by atoms with Crippen LogP contribution in [0, 0.1) is 5.92 Å². The van der Waals surface area contributed by atoms with Crippen LogP contribution in [0.25, 0.3) is 0 Å². The number of hydrogen-bond acceptors (Lipinski definition) is 7. The van der Waals surface area contributed by atoms with E-state index in [2.05, 4.69) is 15.6 Å². The van der Waals surface area contributed by atoms with E-state index in [4.69, 9.17) is 5.11 Å². The lowest BCUT2D eigenvalue weighted by Crippen LogP contribution is -2.52. The second-order valence-electron chi connectivity index (χ2n) is 6.51. The maximum absolute atomic E-state index is 12.9. The number of fused-ring (bicyclic) bond motifs is 1. The van der Waals surface area contributed by atoms with Gasteiger partial charge in [-0.2, -0.15) is 0 Å². The van der Waals surface area contributed by atoms with Gasteiger partial charge in [0.15, 0.2) is 0 Å². The van der Waals surface area contributed by atoms with Gasteiger partial charge in [-0.1, -0.05) is 20.3 Å². The molecule has 0 aliphatic carbocycles. The zero-order chi connectivity index (χ0) is 18.8. The van der Waals surface area contributed by atoms with Crippen molar-refractivity contribution in [3.8, 4) is 0 Å². The number of amides is 1. The van der Waals surface area contributed by atoms with Gasteiger partial charge in [0, 0.05) is 19.3 Å². The summed E-state index contributed by atoms with van der Waals surface area (Å²) in [6, 6.07) is 1.19. The quantitative estimate of drug-likeness (QED) is 0.643. The zero-order valence-corrected chi connectivity index (χ0v) is 14.8. The van der Waals surface area contributed by atoms with E-state index in [1.807, 2.05) is 13.8 Å². The maximum Gasteiger partial charge on any atom is 0.253 e. The van der Waals surface area contributed by atoms with Gasteiger partial charge >= 0.3 is 0 Å². The van der Waals surface area contributed by atoms with Crippen LogP contribution >= 0.6 is 0 Å². The summed E-state index contributed by atoms with van der Waals surface area (Å²) < 4.78 is 0. The minimum atomic E-state index is -0.615. The molecule has 3 N–H and O–H groups in total. The fraction of sp³-hybridized carbons (Fsp3) is 0.444. The van der Waals surface area contributed by atoms with E-state index in [0.29, 0.717) is 12.2 Å². The Morgan fingerprint density at radius 2 is 2.15 bits per heavy atom. The zero-order valence-electron chi connectivity index (χ0n) is 14.8. The number of aliphatic hydroxyl groups excluding tert-OH is 1. The molecule has 2 atom stereocenters. The van der Waals surface area contributed by atoms with E-state index in [1.165, 1.54) is 0 Å². The molecule has 2 aromatic rings. The molecule has 0 saturated carbocycles. The van der Waals surface area contributed by atoms with Gasteiger partial charge < -0.3 is 20.6 Å². The molecule has 0 fully saturated rings. The lowest BCUT2D eigenvalue weighted by Gasteiger charge is -2.35. The van der Waals surface area contributed by atoms with Crippen molar-refractivity contribution >= 4 is 23.0 Å². The summed E-state index contributed by atoms with van der Waals surface area (Å²) in [6.07, 6.45) is 3.94. The minimum Gasteiger partial charge on any atom is -0.395 e. The third kappa shape index (κ3) is 2.96. The van der Waals surface area contributed by atoms with E-state index in [-0.39, 0.29) is 36.4 Å². The highest BCUT2D eigenvalue weighted by molar-refractivity contribution is 5.99. The smallest absolute Gasteiger partial charge is 0.253 e. The summed E-state index contributed by atoms with van der Waals surface area (Å²) in [5.41, 5.74) is 0.591. The molecule has 1 aliphatic heterocycles. The average Bonchev–Trinajstić information content (AvgIpc) is 2.79. The number of aliphatic hydroxyl groups is 1. The molecule has 1 amide bonds. The van der Waals surface area contributed by atoms with Crippen molar-refractivity contribution in [1.82, 2.24) is 4.98 Å². The Balaban J connectivity index is 2.09. The van der Waals surface area contributed by atoms with E-state index < -0.39 is 16.9 Å². The molecule has 8 heteroatoms. The van der Waals surface area contributed by atoms with Crippen molar-refractivity contribution < 1.29 is 9.90 Å². The summed E-state index contributed by atoms with van der Waals surface area (Å²) in [7, 11) is 0. The maximum atomic E-state index is 12.9. The number of nitrogens with one attached hydrogen (secondary N) is 2. The summed E-state index contributed by atoms with van der Waals surface area (Å²) >= 11 is 0. The second kappa shape index (κ2) is 7.25. The van der Waals surface area contributed by atoms with Crippen molar-refractivity contribution in [3.05, 3.63) is 44.5 Å². The van der Waals surface area contributed by atoms with E-state index in [0.717, 1.165) is 12.0 Å². The molecule has 0 radical (unpaired) electrons. The van der Waals surface area contributed by atoms with Crippen molar-refractivity contribution in [2.45, 2.75) is 32.9 Å². The summed E-state index contributed by atoms with van der Waals surface area (Å²) in [6.45, 7) is 4.22. The van der Waals surface area contributed by atoms with Crippen molar-refractivity contribution in [2.75, 3.05) is 28.7 Å². The summed E-state index contributed by atoms with van der Waals surface area (Å²) in [5.74, 6) is -0.264. The monoisotopic (exact) mass is 358 g/mol. The van der Waals surface area contributed by atoms with Crippen LogP contribution in [0.5, 0.6) is 0 Å². The average molecular weight is 358 g/mol. The molecule has 2 unspecified atom stereocenters. The number of rotatable bonds is 6. The molecule has 1 aromatic heterocycles. The van der Waals surface area contributed by atoms with Gasteiger partial charge in [-0.25, -0.2) is 0 Å². The molecule has 1 aliphatic rings. The Morgan fingerprint density at radius 3 is 2.85 bits per heavy atom. The number of aromatic nitrogens is 1. The summed E-state index contributed by atoms with van der Waals surface area (Å²) in [4.78, 5) is 42.9. The third-order valence-corrected chi connectivity index (χ3v) is 4.88. The van der Waals surface area contributed by atoms with Gasteiger partial charge in [-0.15, -0.1) is 0 Å². The molecular formula is C18H22N4O4. The first kappa shape index (κ1) is 18.1. The molecular weight excluding hydrogens is 336 g/mol. The normalized spacial score (nSPS) is 18.2. The fourth-order valence-electron chi connectivity index (χ4n) is 3.31. The van der Waals surface area contributed by atoms with Crippen LogP contribution in [0.15, 0.2) is 28.0 Å². The van der Waals surface area contributed by atoms with Crippen LogP contribution in [-0.2, 0) is 11.3 Å². The Bertz CT molecular complexity index is 888.